The number of carboxylic acid groups (broad SMARTS) is 2. The summed E-state index contributed by atoms with van der Waals surface area (Å²) in [6.45, 7) is 2.71. The molecule has 156 valence electrons. The first-order valence-corrected chi connectivity index (χ1v) is 8.62. The van der Waals surface area contributed by atoms with E-state index in [-0.39, 0.29) is 24.8 Å². The molecule has 0 spiro atoms. The number of aliphatic carboxylic acids is 2. The molecule has 2 unspecified atom stereocenters. The average molecular weight is 401 g/mol. The first-order chi connectivity index (χ1) is 13.3. The van der Waals surface area contributed by atoms with E-state index in [2.05, 4.69) is 26.1 Å². The van der Waals surface area contributed by atoms with Crippen molar-refractivity contribution in [3.8, 4) is 0 Å². The number of carbonyl (C=O) groups is 3. The molecule has 28 heavy (non-hydrogen) atoms. The highest BCUT2D eigenvalue weighted by molar-refractivity contribution is 5.83. The van der Waals surface area contributed by atoms with Crippen LogP contribution in [0.1, 0.15) is 43.6 Å². The van der Waals surface area contributed by atoms with Gasteiger partial charge in [-0.2, -0.15) is 4.98 Å². The largest absolute Gasteiger partial charge is 0.481 e. The van der Waals surface area contributed by atoms with Crippen molar-refractivity contribution in [3.63, 3.8) is 0 Å². The van der Waals surface area contributed by atoms with Crippen LogP contribution in [0.4, 0.5) is 4.79 Å². The van der Waals surface area contributed by atoms with Gasteiger partial charge < -0.3 is 40.5 Å². The van der Waals surface area contributed by atoms with Crippen molar-refractivity contribution in [1.29, 1.82) is 0 Å². The van der Waals surface area contributed by atoms with E-state index < -0.39 is 36.2 Å². The van der Waals surface area contributed by atoms with E-state index in [0.29, 0.717) is 25.6 Å². The molecule has 0 bridgehead atoms. The number of aliphatic hydroxyl groups is 1. The maximum absolute atomic E-state index is 12.1. The zero-order valence-corrected chi connectivity index (χ0v) is 15.1. The maximum Gasteiger partial charge on any atom is 0.328 e. The van der Waals surface area contributed by atoms with Crippen molar-refractivity contribution in [3.05, 3.63) is 11.7 Å². The highest BCUT2D eigenvalue weighted by Gasteiger charge is 2.29. The lowest BCUT2D eigenvalue weighted by atomic mass is 10.1. The standard InChI is InChI=1S/C15H23N5O8/c1-7(21)11(14(24)25)18-15(26)17-8(2-3-10(22)23)13-19-12(20-28-13)9-6-27-5-4-16-9/h7-9,11,16,21H,2-6H2,1H3,(H,22,23)(H,24,25)(H2,17,18,26)/t7?,8-,9-,11?/m0/s1. The van der Waals surface area contributed by atoms with Crippen molar-refractivity contribution in [1.82, 2.24) is 26.1 Å². The summed E-state index contributed by atoms with van der Waals surface area (Å²) in [4.78, 5) is 38.3. The van der Waals surface area contributed by atoms with Gasteiger partial charge in [0.25, 0.3) is 0 Å². The molecule has 6 N–H and O–H groups in total. The van der Waals surface area contributed by atoms with Gasteiger partial charge in [0, 0.05) is 13.0 Å². The summed E-state index contributed by atoms with van der Waals surface area (Å²) in [5.41, 5.74) is 0. The van der Waals surface area contributed by atoms with Crippen molar-refractivity contribution in [2.75, 3.05) is 19.8 Å². The lowest BCUT2D eigenvalue weighted by Crippen LogP contribution is -2.51. The quantitative estimate of drug-likeness (QED) is 0.290. The second kappa shape index (κ2) is 9.96. The van der Waals surface area contributed by atoms with Crippen molar-refractivity contribution >= 4 is 18.0 Å². The number of nitrogens with zero attached hydrogens (tertiary/aromatic N) is 2. The van der Waals surface area contributed by atoms with Crippen molar-refractivity contribution < 1.29 is 39.0 Å². The maximum atomic E-state index is 12.1. The number of ether oxygens (including phenoxy) is 1. The number of carboxylic acids is 2. The third-order valence-electron chi connectivity index (χ3n) is 3.98. The Morgan fingerprint density at radius 1 is 1.32 bits per heavy atom. The van der Waals surface area contributed by atoms with Gasteiger partial charge in [-0.05, 0) is 13.3 Å². The van der Waals surface area contributed by atoms with Crippen LogP contribution in [0, 0.1) is 0 Å². The van der Waals surface area contributed by atoms with Crippen LogP contribution in [-0.2, 0) is 14.3 Å². The minimum absolute atomic E-state index is 0.0253. The molecule has 1 aromatic rings. The summed E-state index contributed by atoms with van der Waals surface area (Å²) in [7, 11) is 0. The number of nitrogens with one attached hydrogen (secondary N) is 3. The molecule has 1 aliphatic heterocycles. The number of carbonyl (C=O) groups excluding carboxylic acids is 1. The predicted octanol–water partition coefficient (Wildman–Crippen LogP) is -1.23. The van der Waals surface area contributed by atoms with Gasteiger partial charge in [-0.3, -0.25) is 4.79 Å². The van der Waals surface area contributed by atoms with Gasteiger partial charge in [-0.25, -0.2) is 9.59 Å². The molecular formula is C15H23N5O8. The number of hydrogen-bond acceptors (Lipinski definition) is 9. The number of urea groups is 1. The average Bonchev–Trinajstić information content (AvgIpc) is 3.13. The fourth-order valence-electron chi connectivity index (χ4n) is 2.52. The van der Waals surface area contributed by atoms with Crippen LogP contribution >= 0.6 is 0 Å². The van der Waals surface area contributed by atoms with Gasteiger partial charge in [0.2, 0.25) is 5.89 Å². The number of rotatable bonds is 9. The third-order valence-corrected chi connectivity index (χ3v) is 3.98. The van der Waals surface area contributed by atoms with Crippen LogP contribution in [0.25, 0.3) is 0 Å². The number of hydrogen-bond donors (Lipinski definition) is 6. The highest BCUT2D eigenvalue weighted by Crippen LogP contribution is 2.20. The predicted molar refractivity (Wildman–Crippen MR) is 90.2 cm³/mol. The highest BCUT2D eigenvalue weighted by atomic mass is 16.5. The molecular weight excluding hydrogens is 378 g/mol. The molecule has 1 aromatic heterocycles. The lowest BCUT2D eigenvalue weighted by molar-refractivity contribution is -0.141. The van der Waals surface area contributed by atoms with Crippen LogP contribution in [0.5, 0.6) is 0 Å². The van der Waals surface area contributed by atoms with E-state index in [1.165, 1.54) is 6.92 Å². The second-order valence-electron chi connectivity index (χ2n) is 6.23. The molecule has 13 heteroatoms. The van der Waals surface area contributed by atoms with Gasteiger partial charge in [-0.1, -0.05) is 5.16 Å². The summed E-state index contributed by atoms with van der Waals surface area (Å²) < 4.78 is 10.5. The Labute approximate surface area is 159 Å². The van der Waals surface area contributed by atoms with Gasteiger partial charge in [0.1, 0.15) is 6.04 Å². The summed E-state index contributed by atoms with van der Waals surface area (Å²) in [6.07, 6.45) is -1.70. The summed E-state index contributed by atoms with van der Waals surface area (Å²) in [5, 5.41) is 38.9. The van der Waals surface area contributed by atoms with Crippen molar-refractivity contribution in [2.45, 2.75) is 44.0 Å². The number of morpholine rings is 1. The van der Waals surface area contributed by atoms with Crippen LogP contribution in [0.15, 0.2) is 4.52 Å². The fraction of sp³-hybridized carbons (Fsp3) is 0.667. The minimum Gasteiger partial charge on any atom is -0.481 e. The number of aliphatic hydroxyl groups excluding tert-OH is 1. The molecule has 0 aliphatic carbocycles. The first-order valence-electron chi connectivity index (χ1n) is 8.62. The first kappa shape index (κ1) is 21.5. The molecule has 4 atom stereocenters. The second-order valence-corrected chi connectivity index (χ2v) is 6.23. The van der Waals surface area contributed by atoms with Crippen LogP contribution in [0.2, 0.25) is 0 Å². The third kappa shape index (κ3) is 6.14. The van der Waals surface area contributed by atoms with Gasteiger partial charge in [-0.15, -0.1) is 0 Å². The molecule has 2 rings (SSSR count). The zero-order valence-electron chi connectivity index (χ0n) is 15.1. The van der Waals surface area contributed by atoms with Crippen LogP contribution in [0.3, 0.4) is 0 Å². The molecule has 2 amide bonds. The minimum atomic E-state index is -1.54. The van der Waals surface area contributed by atoms with E-state index in [4.69, 9.17) is 19.5 Å². The molecule has 1 saturated heterocycles. The molecule has 1 fully saturated rings. The smallest absolute Gasteiger partial charge is 0.328 e. The van der Waals surface area contributed by atoms with E-state index in [0.717, 1.165) is 0 Å². The molecule has 0 aromatic carbocycles. The summed E-state index contributed by atoms with van der Waals surface area (Å²) in [6, 6.07) is -3.73. The topological polar surface area (TPSA) is 196 Å². The van der Waals surface area contributed by atoms with Gasteiger partial charge in [0.15, 0.2) is 11.9 Å². The van der Waals surface area contributed by atoms with Gasteiger partial charge in [0.05, 0.1) is 25.4 Å². The Morgan fingerprint density at radius 3 is 2.64 bits per heavy atom. The summed E-state index contributed by atoms with van der Waals surface area (Å²) >= 11 is 0. The SMILES string of the molecule is CC(O)C(NC(=O)N[C@@H](CCC(=O)O)c1nc([C@@H]2COCCN2)no1)C(=O)O. The van der Waals surface area contributed by atoms with Gasteiger partial charge >= 0.3 is 18.0 Å². The fourth-order valence-corrected chi connectivity index (χ4v) is 2.52. The Morgan fingerprint density at radius 2 is 2.07 bits per heavy atom. The molecule has 0 saturated carbocycles. The molecule has 1 aliphatic rings. The van der Waals surface area contributed by atoms with E-state index in [1.807, 2.05) is 0 Å². The van der Waals surface area contributed by atoms with E-state index >= 15 is 0 Å². The molecule has 0 radical (unpaired) electrons. The Hall–Kier alpha value is -2.77. The lowest BCUT2D eigenvalue weighted by Gasteiger charge is -2.21. The van der Waals surface area contributed by atoms with Crippen LogP contribution < -0.4 is 16.0 Å². The van der Waals surface area contributed by atoms with Crippen LogP contribution in [-0.4, -0.2) is 75.3 Å². The monoisotopic (exact) mass is 401 g/mol. The Bertz CT molecular complexity index is 688. The number of aromatic nitrogens is 2. The van der Waals surface area contributed by atoms with E-state index in [9.17, 15) is 19.5 Å². The number of amides is 2. The molecule has 13 nitrogen and oxygen atoms in total. The summed E-state index contributed by atoms with van der Waals surface area (Å²) in [5.74, 6) is -2.25. The Kier molecular flexibility index (Phi) is 7.66. The normalized spacial score (nSPS) is 20.0. The molecule has 2 heterocycles. The van der Waals surface area contributed by atoms with E-state index in [1.54, 1.807) is 0 Å². The Balaban J connectivity index is 2.08. The van der Waals surface area contributed by atoms with Crippen molar-refractivity contribution in [2.24, 2.45) is 0 Å². The zero-order chi connectivity index (χ0) is 20.7.